The minimum absolute atomic E-state index is 0.628. The van der Waals surface area contributed by atoms with Crippen molar-refractivity contribution >= 4 is 11.8 Å². The summed E-state index contributed by atoms with van der Waals surface area (Å²) in [5.41, 5.74) is 7.44. The zero-order chi connectivity index (χ0) is 12.4. The van der Waals surface area contributed by atoms with Gasteiger partial charge in [-0.15, -0.1) is 11.8 Å². The van der Waals surface area contributed by atoms with E-state index in [0.29, 0.717) is 6.04 Å². The summed E-state index contributed by atoms with van der Waals surface area (Å²) in [5.74, 6) is 0. The number of likely N-dealkylation sites (tertiary alicyclic amines) is 1. The molecule has 2 atom stereocenters. The van der Waals surface area contributed by atoms with Crippen LogP contribution in [0, 0.1) is 0 Å². The number of benzene rings is 1. The molecule has 98 valence electrons. The van der Waals surface area contributed by atoms with Crippen molar-refractivity contribution in [3.8, 4) is 0 Å². The van der Waals surface area contributed by atoms with E-state index in [2.05, 4.69) is 40.9 Å². The molecule has 2 unspecified atom stereocenters. The summed E-state index contributed by atoms with van der Waals surface area (Å²) in [6, 6.07) is 9.47. The standard InChI is InChI=1S/C15H22N2S/c16-10-13-6-3-4-8-17(13)11-14-9-12-5-1-2-7-15(12)18-14/h1-2,5,7,13-14H,3-4,6,8-11,16H2. The molecular formula is C15H22N2S. The fraction of sp³-hybridized carbons (Fsp3) is 0.600. The first-order valence-electron chi connectivity index (χ1n) is 7.05. The topological polar surface area (TPSA) is 29.3 Å². The minimum Gasteiger partial charge on any atom is -0.329 e. The lowest BCUT2D eigenvalue weighted by Gasteiger charge is -2.36. The summed E-state index contributed by atoms with van der Waals surface area (Å²) in [5, 5.41) is 0.731. The van der Waals surface area contributed by atoms with Gasteiger partial charge in [0.25, 0.3) is 0 Å². The van der Waals surface area contributed by atoms with Crippen LogP contribution in [0.2, 0.25) is 0 Å². The van der Waals surface area contributed by atoms with Crippen molar-refractivity contribution in [1.82, 2.24) is 4.90 Å². The first-order chi connectivity index (χ1) is 8.86. The van der Waals surface area contributed by atoms with Gasteiger partial charge in [-0.2, -0.15) is 0 Å². The van der Waals surface area contributed by atoms with Gasteiger partial charge in [-0.1, -0.05) is 24.6 Å². The molecule has 1 aromatic carbocycles. The molecule has 1 fully saturated rings. The molecule has 1 aromatic rings. The normalized spacial score (nSPS) is 28.3. The molecule has 2 aliphatic heterocycles. The second-order valence-electron chi connectivity index (χ2n) is 5.43. The van der Waals surface area contributed by atoms with Gasteiger partial charge < -0.3 is 5.73 Å². The summed E-state index contributed by atoms with van der Waals surface area (Å²) in [6.45, 7) is 3.28. The summed E-state index contributed by atoms with van der Waals surface area (Å²) in [4.78, 5) is 4.12. The maximum absolute atomic E-state index is 5.90. The highest BCUT2D eigenvalue weighted by molar-refractivity contribution is 8.00. The maximum atomic E-state index is 5.90. The molecule has 0 radical (unpaired) electrons. The van der Waals surface area contributed by atoms with Crippen LogP contribution in [0.3, 0.4) is 0 Å². The van der Waals surface area contributed by atoms with Gasteiger partial charge in [0.15, 0.2) is 0 Å². The Labute approximate surface area is 114 Å². The highest BCUT2D eigenvalue weighted by Gasteiger charge is 2.28. The molecule has 2 N–H and O–H groups in total. The highest BCUT2D eigenvalue weighted by atomic mass is 32.2. The van der Waals surface area contributed by atoms with Gasteiger partial charge in [0, 0.05) is 29.3 Å². The van der Waals surface area contributed by atoms with Crippen molar-refractivity contribution in [2.24, 2.45) is 5.73 Å². The largest absolute Gasteiger partial charge is 0.329 e. The number of fused-ring (bicyclic) bond motifs is 1. The van der Waals surface area contributed by atoms with E-state index in [-0.39, 0.29) is 0 Å². The third-order valence-electron chi connectivity index (χ3n) is 4.17. The Bertz CT molecular complexity index is 382. The Kier molecular flexibility index (Phi) is 3.92. The van der Waals surface area contributed by atoms with Crippen molar-refractivity contribution in [2.75, 3.05) is 19.6 Å². The Morgan fingerprint density at radius 3 is 3.00 bits per heavy atom. The van der Waals surface area contributed by atoms with Crippen LogP contribution in [-0.4, -0.2) is 35.8 Å². The lowest BCUT2D eigenvalue weighted by Crippen LogP contribution is -2.46. The van der Waals surface area contributed by atoms with Crippen LogP contribution < -0.4 is 5.73 Å². The average Bonchev–Trinajstić information content (AvgIpc) is 2.81. The molecule has 0 saturated carbocycles. The number of nitrogens with two attached hydrogens (primary N) is 1. The number of thioether (sulfide) groups is 1. The predicted octanol–water partition coefficient (Wildman–Crippen LogP) is 2.52. The molecular weight excluding hydrogens is 240 g/mol. The van der Waals surface area contributed by atoms with Crippen molar-refractivity contribution in [2.45, 2.75) is 41.9 Å². The van der Waals surface area contributed by atoms with Gasteiger partial charge in [0.2, 0.25) is 0 Å². The maximum Gasteiger partial charge on any atom is 0.0263 e. The Morgan fingerprint density at radius 2 is 2.17 bits per heavy atom. The SMILES string of the molecule is NCC1CCCCN1CC1Cc2ccccc2S1. The van der Waals surface area contributed by atoms with E-state index < -0.39 is 0 Å². The fourth-order valence-corrected chi connectivity index (χ4v) is 4.53. The van der Waals surface area contributed by atoms with E-state index in [1.165, 1.54) is 49.2 Å². The summed E-state index contributed by atoms with van der Waals surface area (Å²) in [7, 11) is 0. The fourth-order valence-electron chi connectivity index (χ4n) is 3.18. The lowest BCUT2D eigenvalue weighted by molar-refractivity contribution is 0.154. The lowest BCUT2D eigenvalue weighted by atomic mass is 10.0. The first kappa shape index (κ1) is 12.5. The number of nitrogens with zero attached hydrogens (tertiary/aromatic N) is 1. The van der Waals surface area contributed by atoms with Crippen LogP contribution >= 0.6 is 11.8 Å². The van der Waals surface area contributed by atoms with Crippen LogP contribution in [0.25, 0.3) is 0 Å². The Hall–Kier alpha value is -0.510. The van der Waals surface area contributed by atoms with E-state index in [1.807, 2.05) is 0 Å². The Balaban J connectivity index is 1.61. The molecule has 2 nitrogen and oxygen atoms in total. The van der Waals surface area contributed by atoms with Crippen LogP contribution in [0.1, 0.15) is 24.8 Å². The molecule has 0 aliphatic carbocycles. The second kappa shape index (κ2) is 5.64. The molecule has 2 heterocycles. The van der Waals surface area contributed by atoms with Gasteiger partial charge in [0.1, 0.15) is 0 Å². The number of hydrogen-bond donors (Lipinski definition) is 1. The Morgan fingerprint density at radius 1 is 1.28 bits per heavy atom. The minimum atomic E-state index is 0.628. The quantitative estimate of drug-likeness (QED) is 0.907. The van der Waals surface area contributed by atoms with Gasteiger partial charge in [0.05, 0.1) is 0 Å². The van der Waals surface area contributed by atoms with E-state index in [4.69, 9.17) is 5.73 Å². The van der Waals surface area contributed by atoms with Gasteiger partial charge in [-0.05, 0) is 37.4 Å². The monoisotopic (exact) mass is 262 g/mol. The third-order valence-corrected chi connectivity index (χ3v) is 5.47. The van der Waals surface area contributed by atoms with Crippen molar-refractivity contribution < 1.29 is 0 Å². The van der Waals surface area contributed by atoms with E-state index in [9.17, 15) is 0 Å². The third kappa shape index (κ3) is 2.58. The predicted molar refractivity (Wildman–Crippen MR) is 78.1 cm³/mol. The van der Waals surface area contributed by atoms with E-state index >= 15 is 0 Å². The first-order valence-corrected chi connectivity index (χ1v) is 7.93. The molecule has 0 amide bonds. The highest BCUT2D eigenvalue weighted by Crippen LogP contribution is 2.37. The summed E-state index contributed by atoms with van der Waals surface area (Å²) in [6.07, 6.45) is 5.23. The summed E-state index contributed by atoms with van der Waals surface area (Å²) < 4.78 is 0. The number of piperidine rings is 1. The van der Waals surface area contributed by atoms with Gasteiger partial charge in [-0.3, -0.25) is 4.90 Å². The zero-order valence-electron chi connectivity index (χ0n) is 10.8. The number of rotatable bonds is 3. The molecule has 18 heavy (non-hydrogen) atoms. The van der Waals surface area contributed by atoms with Crippen molar-refractivity contribution in [3.05, 3.63) is 29.8 Å². The molecule has 0 aromatic heterocycles. The molecule has 0 bridgehead atoms. The van der Waals surface area contributed by atoms with Crippen molar-refractivity contribution in [1.29, 1.82) is 0 Å². The molecule has 3 rings (SSSR count). The van der Waals surface area contributed by atoms with Gasteiger partial charge in [-0.25, -0.2) is 0 Å². The molecule has 0 spiro atoms. The summed E-state index contributed by atoms with van der Waals surface area (Å²) >= 11 is 2.06. The van der Waals surface area contributed by atoms with Crippen LogP contribution in [0.4, 0.5) is 0 Å². The van der Waals surface area contributed by atoms with Gasteiger partial charge >= 0.3 is 0 Å². The van der Waals surface area contributed by atoms with Crippen LogP contribution in [0.15, 0.2) is 29.2 Å². The average molecular weight is 262 g/mol. The molecule has 1 saturated heterocycles. The molecule has 2 aliphatic rings. The van der Waals surface area contributed by atoms with Crippen molar-refractivity contribution in [3.63, 3.8) is 0 Å². The number of hydrogen-bond acceptors (Lipinski definition) is 3. The van der Waals surface area contributed by atoms with Crippen LogP contribution in [-0.2, 0) is 6.42 Å². The van der Waals surface area contributed by atoms with E-state index in [0.717, 1.165) is 11.8 Å². The van der Waals surface area contributed by atoms with Crippen LogP contribution in [0.5, 0.6) is 0 Å². The zero-order valence-corrected chi connectivity index (χ0v) is 11.7. The second-order valence-corrected chi connectivity index (χ2v) is 6.77. The van der Waals surface area contributed by atoms with E-state index in [1.54, 1.807) is 0 Å². The smallest absolute Gasteiger partial charge is 0.0263 e. The molecule has 3 heteroatoms.